The monoisotopic (exact) mass is 152 g/mol. The molecule has 0 aromatic carbocycles. The fourth-order valence-electron chi connectivity index (χ4n) is 0.861. The summed E-state index contributed by atoms with van der Waals surface area (Å²) in [5.74, 6) is 0.207. The maximum atomic E-state index is 10.6. The molecule has 0 saturated carbocycles. The number of rotatable bonds is 3. The summed E-state index contributed by atoms with van der Waals surface area (Å²) in [6, 6.07) is 0. The lowest BCUT2D eigenvalue weighted by Gasteiger charge is -1.96. The van der Waals surface area contributed by atoms with Crippen LogP contribution in [0.25, 0.3) is 0 Å². The lowest BCUT2D eigenvalue weighted by molar-refractivity contribution is -0.117. The first-order valence-electron chi connectivity index (χ1n) is 3.67. The lowest BCUT2D eigenvalue weighted by atomic mass is 10.3. The zero-order valence-electron chi connectivity index (χ0n) is 6.87. The van der Waals surface area contributed by atoms with E-state index in [1.54, 1.807) is 17.8 Å². The van der Waals surface area contributed by atoms with Crippen LogP contribution in [-0.2, 0) is 11.3 Å². The molecule has 0 N–H and O–H groups in total. The van der Waals surface area contributed by atoms with Crippen LogP contribution in [0.2, 0.25) is 0 Å². The zero-order valence-corrected chi connectivity index (χ0v) is 6.87. The molecule has 0 atom stereocenters. The molecule has 0 bridgehead atoms. The summed E-state index contributed by atoms with van der Waals surface area (Å²) in [6.45, 7) is 4.27. The van der Waals surface area contributed by atoms with Gasteiger partial charge < -0.3 is 0 Å². The van der Waals surface area contributed by atoms with Crippen molar-refractivity contribution < 1.29 is 4.79 Å². The number of hydrogen-bond donors (Lipinski definition) is 0. The number of ketones is 1. The smallest absolute Gasteiger partial charge is 0.131 e. The van der Waals surface area contributed by atoms with Crippen molar-refractivity contribution in [1.82, 2.24) is 9.78 Å². The number of carbonyl (C=O) groups excluding carboxylic acids is 1. The van der Waals surface area contributed by atoms with E-state index in [1.807, 2.05) is 13.1 Å². The summed E-state index contributed by atoms with van der Waals surface area (Å²) in [5.41, 5.74) is 1.13. The Labute approximate surface area is 66.0 Å². The lowest BCUT2D eigenvalue weighted by Crippen LogP contribution is -2.02. The van der Waals surface area contributed by atoms with Crippen LogP contribution in [0.1, 0.15) is 18.9 Å². The molecule has 0 amide bonds. The topological polar surface area (TPSA) is 34.9 Å². The van der Waals surface area contributed by atoms with Gasteiger partial charge in [-0.15, -0.1) is 0 Å². The van der Waals surface area contributed by atoms with E-state index in [-0.39, 0.29) is 5.78 Å². The van der Waals surface area contributed by atoms with Crippen molar-refractivity contribution in [2.75, 3.05) is 0 Å². The molecular weight excluding hydrogens is 140 g/mol. The first-order chi connectivity index (χ1) is 5.18. The van der Waals surface area contributed by atoms with Crippen molar-refractivity contribution in [3.63, 3.8) is 0 Å². The molecule has 0 aliphatic heterocycles. The Morgan fingerprint density at radius 1 is 1.73 bits per heavy atom. The maximum Gasteiger partial charge on any atom is 0.131 e. The van der Waals surface area contributed by atoms with E-state index in [0.29, 0.717) is 13.0 Å². The molecule has 0 aliphatic carbocycles. The van der Waals surface area contributed by atoms with E-state index in [1.165, 1.54) is 0 Å². The Hall–Kier alpha value is -1.12. The van der Waals surface area contributed by atoms with E-state index in [9.17, 15) is 4.79 Å². The van der Waals surface area contributed by atoms with Crippen LogP contribution in [0.5, 0.6) is 0 Å². The molecule has 60 valence electrons. The molecule has 1 heterocycles. The number of carbonyl (C=O) groups is 1. The van der Waals surface area contributed by atoms with Gasteiger partial charge in [-0.3, -0.25) is 9.48 Å². The van der Waals surface area contributed by atoms with Gasteiger partial charge in [0.1, 0.15) is 5.78 Å². The van der Waals surface area contributed by atoms with Crippen molar-refractivity contribution >= 4 is 5.78 Å². The summed E-state index contributed by atoms with van der Waals surface area (Å²) >= 11 is 0. The molecule has 0 aliphatic rings. The Morgan fingerprint density at radius 2 is 2.45 bits per heavy atom. The highest BCUT2D eigenvalue weighted by Gasteiger charge is 1.95. The Kier molecular flexibility index (Phi) is 2.41. The van der Waals surface area contributed by atoms with E-state index in [2.05, 4.69) is 5.10 Å². The summed E-state index contributed by atoms with van der Waals surface area (Å²) in [7, 11) is 0. The highest BCUT2D eigenvalue weighted by molar-refractivity contribution is 5.75. The fraction of sp³-hybridized carbons (Fsp3) is 0.500. The first-order valence-corrected chi connectivity index (χ1v) is 3.67. The van der Waals surface area contributed by atoms with Gasteiger partial charge in [-0.1, -0.05) is 0 Å². The van der Waals surface area contributed by atoms with Gasteiger partial charge in [0, 0.05) is 19.2 Å². The molecule has 0 saturated heterocycles. The average Bonchev–Trinajstić information content (AvgIpc) is 2.31. The molecule has 1 aromatic rings. The minimum absolute atomic E-state index is 0.207. The number of nitrogens with zero attached hydrogens (tertiary/aromatic N) is 2. The highest BCUT2D eigenvalue weighted by atomic mass is 16.1. The zero-order chi connectivity index (χ0) is 8.27. The third-order valence-electron chi connectivity index (χ3n) is 1.46. The van der Waals surface area contributed by atoms with Gasteiger partial charge in [0.15, 0.2) is 0 Å². The summed E-state index contributed by atoms with van der Waals surface area (Å²) in [6.07, 6.45) is 4.30. The van der Waals surface area contributed by atoms with Gasteiger partial charge in [-0.05, 0) is 19.4 Å². The average molecular weight is 152 g/mol. The maximum absolute atomic E-state index is 10.6. The highest BCUT2D eigenvalue weighted by Crippen LogP contribution is 1.95. The molecule has 0 unspecified atom stereocenters. The van der Waals surface area contributed by atoms with Gasteiger partial charge >= 0.3 is 0 Å². The predicted molar refractivity (Wildman–Crippen MR) is 42.3 cm³/mol. The van der Waals surface area contributed by atoms with Crippen LogP contribution in [0.3, 0.4) is 0 Å². The molecule has 0 spiro atoms. The molecule has 3 nitrogen and oxygen atoms in total. The number of aromatic nitrogens is 2. The van der Waals surface area contributed by atoms with E-state index in [4.69, 9.17) is 0 Å². The normalized spacial score (nSPS) is 10.0. The van der Waals surface area contributed by atoms with Crippen molar-refractivity contribution in [2.24, 2.45) is 0 Å². The van der Waals surface area contributed by atoms with Crippen LogP contribution in [0.15, 0.2) is 12.4 Å². The second-order valence-electron chi connectivity index (χ2n) is 2.73. The second kappa shape index (κ2) is 3.32. The largest absolute Gasteiger partial charge is 0.300 e. The first kappa shape index (κ1) is 7.98. The third kappa shape index (κ3) is 2.53. The van der Waals surface area contributed by atoms with Crippen molar-refractivity contribution in [3.8, 4) is 0 Å². The quantitative estimate of drug-likeness (QED) is 0.651. The van der Waals surface area contributed by atoms with E-state index >= 15 is 0 Å². The van der Waals surface area contributed by atoms with Crippen LogP contribution in [-0.4, -0.2) is 15.6 Å². The second-order valence-corrected chi connectivity index (χ2v) is 2.73. The molecule has 1 aromatic heterocycles. The third-order valence-corrected chi connectivity index (χ3v) is 1.46. The van der Waals surface area contributed by atoms with Crippen LogP contribution in [0, 0.1) is 6.92 Å². The Balaban J connectivity index is 2.45. The number of aryl methyl sites for hydroxylation is 2. The van der Waals surface area contributed by atoms with Crippen molar-refractivity contribution in [1.29, 1.82) is 0 Å². The Morgan fingerprint density at radius 3 is 2.91 bits per heavy atom. The van der Waals surface area contributed by atoms with Gasteiger partial charge in [-0.25, -0.2) is 0 Å². The number of hydrogen-bond acceptors (Lipinski definition) is 2. The van der Waals surface area contributed by atoms with Gasteiger partial charge in [0.2, 0.25) is 0 Å². The molecule has 0 fully saturated rings. The molecule has 11 heavy (non-hydrogen) atoms. The standard InChI is InChI=1S/C8H12N2O/c1-7-5-9-10(6-7)4-3-8(2)11/h5-6H,3-4H2,1-2H3. The summed E-state index contributed by atoms with van der Waals surface area (Å²) < 4.78 is 1.79. The molecular formula is C8H12N2O. The van der Waals surface area contributed by atoms with Gasteiger partial charge in [0.05, 0.1) is 6.20 Å². The molecule has 1 rings (SSSR count). The summed E-state index contributed by atoms with van der Waals surface area (Å²) in [4.78, 5) is 10.6. The minimum atomic E-state index is 0.207. The van der Waals surface area contributed by atoms with Crippen molar-refractivity contribution in [3.05, 3.63) is 18.0 Å². The fourth-order valence-corrected chi connectivity index (χ4v) is 0.861. The van der Waals surface area contributed by atoms with Crippen molar-refractivity contribution in [2.45, 2.75) is 26.8 Å². The SMILES string of the molecule is CC(=O)CCn1cc(C)cn1. The number of Topliss-reactive ketones (excluding diaryl/α,β-unsaturated/α-hetero) is 1. The summed E-state index contributed by atoms with van der Waals surface area (Å²) in [5, 5.41) is 4.05. The minimum Gasteiger partial charge on any atom is -0.300 e. The van der Waals surface area contributed by atoms with Crippen LogP contribution in [0.4, 0.5) is 0 Å². The van der Waals surface area contributed by atoms with Gasteiger partial charge in [-0.2, -0.15) is 5.10 Å². The van der Waals surface area contributed by atoms with E-state index in [0.717, 1.165) is 5.56 Å². The van der Waals surface area contributed by atoms with E-state index < -0.39 is 0 Å². The van der Waals surface area contributed by atoms with Gasteiger partial charge in [0.25, 0.3) is 0 Å². The van der Waals surface area contributed by atoms with Crippen LogP contribution >= 0.6 is 0 Å². The predicted octanol–water partition coefficient (Wildman–Crippen LogP) is 1.17. The van der Waals surface area contributed by atoms with Crippen LogP contribution < -0.4 is 0 Å². The Bertz CT molecular complexity index is 252. The molecule has 3 heteroatoms. The molecule has 0 radical (unpaired) electrons.